The van der Waals surface area contributed by atoms with Gasteiger partial charge in [0.25, 0.3) is 0 Å². The second-order valence-corrected chi connectivity index (χ2v) is 5.72. The highest BCUT2D eigenvalue weighted by molar-refractivity contribution is 9.10. The molecule has 0 amide bonds. The summed E-state index contributed by atoms with van der Waals surface area (Å²) in [6.07, 6.45) is 1.84. The van der Waals surface area contributed by atoms with Crippen molar-refractivity contribution in [3.05, 3.63) is 58.2 Å². The van der Waals surface area contributed by atoms with E-state index in [-0.39, 0.29) is 5.54 Å². The van der Waals surface area contributed by atoms with Gasteiger partial charge in [0.1, 0.15) is 5.82 Å². The molecule has 2 rings (SSSR count). The lowest BCUT2D eigenvalue weighted by Crippen LogP contribution is -2.40. The number of aromatic nitrogens is 1. The van der Waals surface area contributed by atoms with E-state index >= 15 is 0 Å². The van der Waals surface area contributed by atoms with Crippen LogP contribution in [0.2, 0.25) is 0 Å². The van der Waals surface area contributed by atoms with Crippen LogP contribution in [0.1, 0.15) is 18.1 Å². The van der Waals surface area contributed by atoms with Crippen LogP contribution in [0.15, 0.2) is 47.1 Å². The van der Waals surface area contributed by atoms with Crippen LogP contribution in [0.5, 0.6) is 0 Å². The number of halogens is 1. The molecule has 0 aliphatic heterocycles. The molecule has 0 aliphatic carbocycles. The zero-order valence-corrected chi connectivity index (χ0v) is 12.7. The van der Waals surface area contributed by atoms with Crippen LogP contribution in [-0.2, 0) is 5.54 Å². The number of aryl methyl sites for hydroxylation is 1. The Hall–Kier alpha value is -1.39. The van der Waals surface area contributed by atoms with Crippen LogP contribution in [0.25, 0.3) is 0 Å². The van der Waals surface area contributed by atoms with Gasteiger partial charge in [-0.05, 0) is 47.0 Å². The van der Waals surface area contributed by atoms with Gasteiger partial charge in [0.05, 0.1) is 10.0 Å². The first-order valence-corrected chi connectivity index (χ1v) is 7.00. The summed E-state index contributed by atoms with van der Waals surface area (Å²) in [4.78, 5) is 4.42. The number of hydrogen-bond acceptors (Lipinski definition) is 3. The smallest absolute Gasteiger partial charge is 0.141 e. The molecule has 0 saturated carbocycles. The minimum Gasteiger partial charge on any atom is -0.359 e. The Morgan fingerprint density at radius 1 is 1.32 bits per heavy atom. The summed E-state index contributed by atoms with van der Waals surface area (Å²) in [5, 5.41) is 3.43. The normalized spacial score (nSPS) is 13.9. The Morgan fingerprint density at radius 2 is 2.00 bits per heavy atom. The molecule has 1 unspecified atom stereocenters. The number of hydrogen-bond donors (Lipinski definition) is 2. The van der Waals surface area contributed by atoms with Crippen LogP contribution in [0, 0.1) is 6.92 Å². The molecular weight excluding hydrogens is 302 g/mol. The van der Waals surface area contributed by atoms with Gasteiger partial charge in [-0.15, -0.1) is 0 Å². The molecule has 2 aromatic rings. The van der Waals surface area contributed by atoms with Crippen LogP contribution in [-0.4, -0.2) is 11.5 Å². The van der Waals surface area contributed by atoms with E-state index in [0.29, 0.717) is 6.54 Å². The van der Waals surface area contributed by atoms with Crippen LogP contribution in [0.3, 0.4) is 0 Å². The van der Waals surface area contributed by atoms with E-state index in [1.54, 1.807) is 0 Å². The first-order valence-electron chi connectivity index (χ1n) is 6.21. The number of benzene rings is 1. The third-order valence-corrected chi connectivity index (χ3v) is 3.80. The van der Waals surface area contributed by atoms with Gasteiger partial charge in [0.2, 0.25) is 0 Å². The number of rotatable bonds is 4. The first kappa shape index (κ1) is 14.0. The number of anilines is 1. The molecule has 19 heavy (non-hydrogen) atoms. The Bertz CT molecular complexity index is 557. The van der Waals surface area contributed by atoms with Gasteiger partial charge in [0, 0.05) is 12.7 Å². The molecule has 0 fully saturated rings. The molecule has 0 bridgehead atoms. The summed E-state index contributed by atoms with van der Waals surface area (Å²) < 4.78 is 0.947. The Morgan fingerprint density at radius 3 is 2.58 bits per heavy atom. The molecule has 4 heteroatoms. The summed E-state index contributed by atoms with van der Waals surface area (Å²) in [5.74, 6) is 0.808. The molecule has 0 saturated heterocycles. The fraction of sp³-hybridized carbons (Fsp3) is 0.267. The maximum Gasteiger partial charge on any atom is 0.141 e. The Balaban J connectivity index is 2.33. The van der Waals surface area contributed by atoms with Crippen molar-refractivity contribution >= 4 is 21.7 Å². The summed E-state index contributed by atoms with van der Waals surface area (Å²) >= 11 is 3.54. The third kappa shape index (κ3) is 3.14. The summed E-state index contributed by atoms with van der Waals surface area (Å²) in [6, 6.07) is 12.2. The third-order valence-electron chi connectivity index (χ3n) is 3.19. The minimum absolute atomic E-state index is 0.341. The van der Waals surface area contributed by atoms with Gasteiger partial charge in [-0.3, -0.25) is 0 Å². The molecule has 1 aromatic carbocycles. The predicted molar refractivity (Wildman–Crippen MR) is 83.1 cm³/mol. The van der Waals surface area contributed by atoms with Crippen molar-refractivity contribution in [3.63, 3.8) is 0 Å². The van der Waals surface area contributed by atoms with E-state index in [4.69, 9.17) is 5.73 Å². The largest absolute Gasteiger partial charge is 0.359 e. The van der Waals surface area contributed by atoms with E-state index in [1.807, 2.05) is 37.4 Å². The van der Waals surface area contributed by atoms with E-state index < -0.39 is 0 Å². The summed E-state index contributed by atoms with van der Waals surface area (Å²) in [5.41, 5.74) is 7.88. The maximum absolute atomic E-state index is 5.96. The number of pyridine rings is 1. The molecule has 0 spiro atoms. The molecule has 1 atom stereocenters. The molecule has 100 valence electrons. The summed E-state index contributed by atoms with van der Waals surface area (Å²) in [7, 11) is 0. The lowest BCUT2D eigenvalue weighted by molar-refractivity contribution is 0.553. The highest BCUT2D eigenvalue weighted by Crippen LogP contribution is 2.28. The van der Waals surface area contributed by atoms with Gasteiger partial charge in [-0.25, -0.2) is 4.98 Å². The lowest BCUT2D eigenvalue weighted by atomic mass is 9.92. The Labute approximate surface area is 122 Å². The number of nitrogens with one attached hydrogen (secondary N) is 1. The maximum atomic E-state index is 5.96. The molecular formula is C15H18BrN3. The number of nitrogens with two attached hydrogens (primary N) is 1. The standard InChI is InChI=1S/C15H18BrN3/c1-11-8-13(16)14(18-9-11)19-15(2,10-17)12-6-4-3-5-7-12/h3-9H,10,17H2,1-2H3,(H,18,19). The van der Waals surface area contributed by atoms with Gasteiger partial charge in [0.15, 0.2) is 0 Å². The van der Waals surface area contributed by atoms with Crippen LogP contribution < -0.4 is 11.1 Å². The summed E-state index contributed by atoms with van der Waals surface area (Å²) in [6.45, 7) is 4.58. The topological polar surface area (TPSA) is 50.9 Å². The average Bonchev–Trinajstić information content (AvgIpc) is 2.43. The predicted octanol–water partition coefficient (Wildman–Crippen LogP) is 3.44. The monoisotopic (exact) mass is 319 g/mol. The second kappa shape index (κ2) is 5.72. The first-order chi connectivity index (χ1) is 9.05. The van der Waals surface area contributed by atoms with Crippen molar-refractivity contribution in [3.8, 4) is 0 Å². The lowest BCUT2D eigenvalue weighted by Gasteiger charge is -2.31. The van der Waals surface area contributed by atoms with Crippen molar-refractivity contribution in [2.24, 2.45) is 5.73 Å². The average molecular weight is 320 g/mol. The van der Waals surface area contributed by atoms with Gasteiger partial charge in [-0.1, -0.05) is 30.3 Å². The molecule has 3 nitrogen and oxygen atoms in total. The van der Waals surface area contributed by atoms with Crippen LogP contribution in [0.4, 0.5) is 5.82 Å². The van der Waals surface area contributed by atoms with Crippen molar-refractivity contribution in [2.75, 3.05) is 11.9 Å². The fourth-order valence-electron chi connectivity index (χ4n) is 1.93. The van der Waals surface area contributed by atoms with Crippen molar-refractivity contribution < 1.29 is 0 Å². The highest BCUT2D eigenvalue weighted by Gasteiger charge is 2.25. The van der Waals surface area contributed by atoms with Gasteiger partial charge >= 0.3 is 0 Å². The van der Waals surface area contributed by atoms with Crippen molar-refractivity contribution in [2.45, 2.75) is 19.4 Å². The van der Waals surface area contributed by atoms with Crippen LogP contribution >= 0.6 is 15.9 Å². The SMILES string of the molecule is Cc1cnc(NC(C)(CN)c2ccccc2)c(Br)c1. The van der Waals surface area contributed by atoms with Gasteiger partial charge in [-0.2, -0.15) is 0 Å². The second-order valence-electron chi connectivity index (χ2n) is 4.87. The zero-order chi connectivity index (χ0) is 13.9. The number of nitrogens with zero attached hydrogens (tertiary/aromatic N) is 1. The van der Waals surface area contributed by atoms with Crippen molar-refractivity contribution in [1.82, 2.24) is 4.98 Å². The molecule has 1 aromatic heterocycles. The van der Waals surface area contributed by atoms with Gasteiger partial charge < -0.3 is 11.1 Å². The van der Waals surface area contributed by atoms with E-state index in [2.05, 4.69) is 45.3 Å². The molecule has 1 heterocycles. The fourth-order valence-corrected chi connectivity index (χ4v) is 2.50. The highest BCUT2D eigenvalue weighted by atomic mass is 79.9. The quantitative estimate of drug-likeness (QED) is 0.907. The molecule has 0 aliphatic rings. The zero-order valence-electron chi connectivity index (χ0n) is 11.2. The molecule has 0 radical (unpaired) electrons. The van der Waals surface area contributed by atoms with Crippen molar-refractivity contribution in [1.29, 1.82) is 0 Å². The Kier molecular flexibility index (Phi) is 4.22. The van der Waals surface area contributed by atoms with E-state index in [9.17, 15) is 0 Å². The molecule has 3 N–H and O–H groups in total. The minimum atomic E-state index is -0.341. The van der Waals surface area contributed by atoms with E-state index in [0.717, 1.165) is 21.4 Å². The van der Waals surface area contributed by atoms with E-state index in [1.165, 1.54) is 0 Å².